The van der Waals surface area contributed by atoms with Crippen LogP contribution in [-0.2, 0) is 4.74 Å². The summed E-state index contributed by atoms with van der Waals surface area (Å²) in [6, 6.07) is 4.08. The van der Waals surface area contributed by atoms with Gasteiger partial charge in [-0.05, 0) is 18.9 Å². The molecule has 106 valence electrons. The lowest BCUT2D eigenvalue weighted by molar-refractivity contribution is -0.422. The van der Waals surface area contributed by atoms with E-state index in [-0.39, 0.29) is 5.54 Å². The van der Waals surface area contributed by atoms with Crippen molar-refractivity contribution in [2.75, 3.05) is 24.7 Å². The molecule has 2 saturated heterocycles. The molecule has 2 fully saturated rings. The molecule has 0 bridgehead atoms. The van der Waals surface area contributed by atoms with E-state index < -0.39 is 21.2 Å². The van der Waals surface area contributed by atoms with Crippen LogP contribution in [0.4, 0.5) is 17.1 Å². The minimum Gasteiger partial charge on any atom is -0.376 e. The molecule has 20 heavy (non-hydrogen) atoms. The molecule has 8 heteroatoms. The van der Waals surface area contributed by atoms with Crippen molar-refractivity contribution in [1.29, 1.82) is 0 Å². The van der Waals surface area contributed by atoms with Crippen molar-refractivity contribution in [1.82, 2.24) is 0 Å². The molecule has 1 aromatic rings. The van der Waals surface area contributed by atoms with E-state index in [2.05, 4.69) is 4.90 Å². The summed E-state index contributed by atoms with van der Waals surface area (Å²) < 4.78 is 5.27. The van der Waals surface area contributed by atoms with Gasteiger partial charge in [0.05, 0.1) is 28.6 Å². The molecule has 8 nitrogen and oxygen atoms in total. The van der Waals surface area contributed by atoms with Gasteiger partial charge in [0, 0.05) is 24.4 Å². The number of benzene rings is 1. The van der Waals surface area contributed by atoms with Crippen molar-refractivity contribution in [3.63, 3.8) is 0 Å². The maximum absolute atomic E-state index is 11.0. The first kappa shape index (κ1) is 12.8. The molecular weight excluding hydrogens is 266 g/mol. The van der Waals surface area contributed by atoms with Crippen LogP contribution in [0.2, 0.25) is 0 Å². The molecule has 0 atom stereocenters. The molecule has 1 aromatic carbocycles. The highest BCUT2D eigenvalue weighted by molar-refractivity contribution is 5.64. The summed E-state index contributed by atoms with van der Waals surface area (Å²) in [6.45, 7) is 2.01. The van der Waals surface area contributed by atoms with Gasteiger partial charge in [0.1, 0.15) is 0 Å². The highest BCUT2D eigenvalue weighted by Gasteiger charge is 2.47. The zero-order valence-electron chi connectivity index (χ0n) is 10.7. The van der Waals surface area contributed by atoms with Crippen LogP contribution in [0.3, 0.4) is 0 Å². The third kappa shape index (κ3) is 1.80. The van der Waals surface area contributed by atoms with Crippen molar-refractivity contribution in [3.8, 4) is 0 Å². The van der Waals surface area contributed by atoms with Gasteiger partial charge in [0.25, 0.3) is 0 Å². The number of anilines is 1. The van der Waals surface area contributed by atoms with Crippen molar-refractivity contribution in [2.24, 2.45) is 0 Å². The molecule has 3 rings (SSSR count). The predicted molar refractivity (Wildman–Crippen MR) is 69.9 cm³/mol. The lowest BCUT2D eigenvalue weighted by Gasteiger charge is -2.46. The summed E-state index contributed by atoms with van der Waals surface area (Å²) in [4.78, 5) is 22.5. The Kier molecular flexibility index (Phi) is 2.82. The quantitative estimate of drug-likeness (QED) is 0.618. The Labute approximate surface area is 114 Å². The van der Waals surface area contributed by atoms with Gasteiger partial charge in [-0.25, -0.2) is 0 Å². The second-order valence-electron chi connectivity index (χ2n) is 5.16. The normalized spacial score (nSPS) is 19.9. The van der Waals surface area contributed by atoms with Crippen LogP contribution >= 0.6 is 0 Å². The Morgan fingerprint density at radius 2 is 1.85 bits per heavy atom. The first-order chi connectivity index (χ1) is 9.53. The van der Waals surface area contributed by atoms with Gasteiger partial charge in [0.15, 0.2) is 0 Å². The number of ether oxygens (including phenoxy) is 1. The predicted octanol–water partition coefficient (Wildman–Crippen LogP) is 1.87. The van der Waals surface area contributed by atoms with Crippen LogP contribution in [0.1, 0.15) is 12.8 Å². The standard InChI is InChI=1S/C12H13N3O5/c16-14(17)10-3-2-9(6-11(10)15(18)19)13-5-1-4-12(13)7-20-8-12/h2-3,6H,1,4-5,7-8H2. The first-order valence-electron chi connectivity index (χ1n) is 6.32. The van der Waals surface area contributed by atoms with Gasteiger partial charge >= 0.3 is 11.4 Å². The molecule has 0 aromatic heterocycles. The van der Waals surface area contributed by atoms with E-state index in [1.54, 1.807) is 6.07 Å². The van der Waals surface area contributed by atoms with Crippen molar-refractivity contribution >= 4 is 17.1 Å². The van der Waals surface area contributed by atoms with Gasteiger partial charge in [-0.2, -0.15) is 0 Å². The fourth-order valence-electron chi connectivity index (χ4n) is 2.96. The molecule has 0 amide bonds. The van der Waals surface area contributed by atoms with Crippen molar-refractivity contribution in [3.05, 3.63) is 38.4 Å². The molecule has 0 aliphatic carbocycles. The van der Waals surface area contributed by atoms with Crippen LogP contribution in [0.5, 0.6) is 0 Å². The molecule has 2 aliphatic heterocycles. The summed E-state index contributed by atoms with van der Waals surface area (Å²) in [5, 5.41) is 21.8. The smallest absolute Gasteiger partial charge is 0.348 e. The molecule has 2 heterocycles. The highest BCUT2D eigenvalue weighted by Crippen LogP contribution is 2.41. The molecule has 0 radical (unpaired) electrons. The number of hydrogen-bond donors (Lipinski definition) is 0. The Bertz CT molecular complexity index is 584. The summed E-state index contributed by atoms with van der Waals surface area (Å²) in [7, 11) is 0. The number of rotatable bonds is 3. The van der Waals surface area contributed by atoms with Crippen LogP contribution in [-0.4, -0.2) is 35.1 Å². The minimum absolute atomic E-state index is 0.0794. The van der Waals surface area contributed by atoms with E-state index in [1.807, 2.05) is 0 Å². The lowest BCUT2D eigenvalue weighted by Crippen LogP contribution is -2.59. The SMILES string of the molecule is O=[N+]([O-])c1ccc(N2CCCC23COC3)cc1[N+](=O)[O-]. The number of nitrogens with zero attached hydrogens (tertiary/aromatic N) is 3. The third-order valence-corrected chi connectivity index (χ3v) is 4.00. The van der Waals surface area contributed by atoms with Crippen LogP contribution < -0.4 is 4.90 Å². The van der Waals surface area contributed by atoms with Gasteiger partial charge in [-0.15, -0.1) is 0 Å². The van der Waals surface area contributed by atoms with Crippen LogP contribution in [0.25, 0.3) is 0 Å². The van der Waals surface area contributed by atoms with Crippen LogP contribution in [0, 0.1) is 20.2 Å². The fourth-order valence-corrected chi connectivity index (χ4v) is 2.96. The zero-order chi connectivity index (χ0) is 14.3. The third-order valence-electron chi connectivity index (χ3n) is 4.00. The second kappa shape index (κ2) is 4.41. The van der Waals surface area contributed by atoms with Crippen molar-refractivity contribution in [2.45, 2.75) is 18.4 Å². The maximum Gasteiger partial charge on any atom is 0.348 e. The summed E-state index contributed by atoms with van der Waals surface area (Å²) in [5.41, 5.74) is -0.362. The van der Waals surface area contributed by atoms with E-state index >= 15 is 0 Å². The molecule has 0 unspecified atom stereocenters. The van der Waals surface area contributed by atoms with Gasteiger partial charge in [-0.1, -0.05) is 0 Å². The average molecular weight is 279 g/mol. The number of nitro groups is 2. The Morgan fingerprint density at radius 1 is 1.15 bits per heavy atom. The average Bonchev–Trinajstić information content (AvgIpc) is 2.82. The van der Waals surface area contributed by atoms with Gasteiger partial charge < -0.3 is 9.64 Å². The summed E-state index contributed by atoms with van der Waals surface area (Å²) in [5.74, 6) is 0. The Morgan fingerprint density at radius 3 is 2.40 bits per heavy atom. The lowest BCUT2D eigenvalue weighted by atomic mass is 9.93. The largest absolute Gasteiger partial charge is 0.376 e. The molecule has 1 spiro atoms. The minimum atomic E-state index is -0.728. The monoisotopic (exact) mass is 279 g/mol. The van der Waals surface area contributed by atoms with E-state index in [4.69, 9.17) is 4.74 Å². The zero-order valence-corrected chi connectivity index (χ0v) is 10.7. The topological polar surface area (TPSA) is 98.8 Å². The molecule has 0 saturated carbocycles. The summed E-state index contributed by atoms with van der Waals surface area (Å²) in [6.07, 6.45) is 1.98. The molecular formula is C12H13N3O5. The van der Waals surface area contributed by atoms with E-state index in [1.165, 1.54) is 12.1 Å². The van der Waals surface area contributed by atoms with E-state index in [0.717, 1.165) is 19.4 Å². The van der Waals surface area contributed by atoms with E-state index in [9.17, 15) is 20.2 Å². The fraction of sp³-hybridized carbons (Fsp3) is 0.500. The van der Waals surface area contributed by atoms with Gasteiger partial charge in [0.2, 0.25) is 0 Å². The number of hydrogen-bond acceptors (Lipinski definition) is 6. The van der Waals surface area contributed by atoms with E-state index in [0.29, 0.717) is 18.9 Å². The highest BCUT2D eigenvalue weighted by atomic mass is 16.6. The second-order valence-corrected chi connectivity index (χ2v) is 5.16. The Balaban J connectivity index is 2.00. The number of nitro benzene ring substituents is 2. The van der Waals surface area contributed by atoms with Crippen molar-refractivity contribution < 1.29 is 14.6 Å². The molecule has 0 N–H and O–H groups in total. The summed E-state index contributed by atoms with van der Waals surface area (Å²) >= 11 is 0. The Hall–Kier alpha value is -2.22. The first-order valence-corrected chi connectivity index (χ1v) is 6.32. The van der Waals surface area contributed by atoms with Crippen LogP contribution in [0.15, 0.2) is 18.2 Å². The molecule has 2 aliphatic rings. The maximum atomic E-state index is 11.0. The van der Waals surface area contributed by atoms with Gasteiger partial charge in [-0.3, -0.25) is 20.2 Å².